The van der Waals surface area contributed by atoms with Gasteiger partial charge in [0.05, 0.1) is 26.4 Å². The second-order valence-corrected chi connectivity index (χ2v) is 6.24. The molecule has 2 N–H and O–H groups in total. The lowest BCUT2D eigenvalue weighted by molar-refractivity contribution is -0.126. The molecule has 0 saturated carbocycles. The van der Waals surface area contributed by atoms with E-state index in [0.717, 1.165) is 32.1 Å². The topological polar surface area (TPSA) is 103 Å². The van der Waals surface area contributed by atoms with E-state index < -0.39 is 0 Å². The number of Topliss-reactive ketones (excluding diaryl/α,β-unsaturated/α-hetero) is 1. The number of ketones is 1. The van der Waals surface area contributed by atoms with Crippen molar-refractivity contribution in [2.45, 2.75) is 52.4 Å². The van der Waals surface area contributed by atoms with Gasteiger partial charge in [-0.15, -0.1) is 0 Å². The van der Waals surface area contributed by atoms with Gasteiger partial charge in [0.15, 0.2) is 0 Å². The molecular formula is C19H36N2O6. The summed E-state index contributed by atoms with van der Waals surface area (Å²) >= 11 is 0. The lowest BCUT2D eigenvalue weighted by Gasteiger charge is -2.08. The zero-order valence-electron chi connectivity index (χ0n) is 16.8. The van der Waals surface area contributed by atoms with Crippen molar-refractivity contribution in [2.75, 3.05) is 52.7 Å². The Balaban J connectivity index is 3.23. The Hall–Kier alpha value is -1.51. The molecule has 8 nitrogen and oxygen atoms in total. The van der Waals surface area contributed by atoms with E-state index in [-0.39, 0.29) is 30.8 Å². The first-order valence-electron chi connectivity index (χ1n) is 9.82. The maximum Gasteiger partial charge on any atom is 0.245 e. The Kier molecular flexibility index (Phi) is 18.2. The molecule has 0 heterocycles. The third kappa shape index (κ3) is 20.7. The zero-order valence-corrected chi connectivity index (χ0v) is 16.8. The van der Waals surface area contributed by atoms with E-state index in [1.807, 2.05) is 6.92 Å². The van der Waals surface area contributed by atoms with Crippen LogP contribution in [0.25, 0.3) is 0 Å². The highest BCUT2D eigenvalue weighted by Crippen LogP contribution is 2.05. The molecule has 0 aromatic carbocycles. The highest BCUT2D eigenvalue weighted by atomic mass is 16.5. The van der Waals surface area contributed by atoms with Gasteiger partial charge in [-0.25, -0.2) is 0 Å². The quantitative estimate of drug-likeness (QED) is 0.323. The molecule has 0 radical (unpaired) electrons. The Labute approximate surface area is 162 Å². The van der Waals surface area contributed by atoms with Crippen molar-refractivity contribution in [2.24, 2.45) is 0 Å². The summed E-state index contributed by atoms with van der Waals surface area (Å²) < 4.78 is 15.6. The smallest absolute Gasteiger partial charge is 0.245 e. The van der Waals surface area contributed by atoms with Gasteiger partial charge in [-0.05, 0) is 26.7 Å². The average molecular weight is 389 g/mol. The summed E-state index contributed by atoms with van der Waals surface area (Å²) in [6.07, 6.45) is 5.76. The number of rotatable bonds is 19. The Morgan fingerprint density at radius 2 is 1.22 bits per heavy atom. The van der Waals surface area contributed by atoms with Crippen LogP contribution in [0, 0.1) is 0 Å². The fraction of sp³-hybridized carbons (Fsp3) is 0.842. The zero-order chi connectivity index (χ0) is 20.2. The number of amides is 2. The summed E-state index contributed by atoms with van der Waals surface area (Å²) in [7, 11) is 0. The summed E-state index contributed by atoms with van der Waals surface area (Å²) in [5.41, 5.74) is 0. The van der Waals surface area contributed by atoms with Gasteiger partial charge in [0.2, 0.25) is 11.8 Å². The number of unbranched alkanes of at least 4 members (excludes halogenated alkanes) is 4. The number of ether oxygens (including phenoxy) is 3. The number of carbonyl (C=O) groups excluding carboxylic acids is 3. The molecule has 158 valence electrons. The van der Waals surface area contributed by atoms with Crippen LogP contribution in [0.15, 0.2) is 0 Å². The minimum atomic E-state index is -0.139. The molecule has 0 bridgehead atoms. The van der Waals surface area contributed by atoms with E-state index in [1.165, 1.54) is 0 Å². The summed E-state index contributed by atoms with van der Waals surface area (Å²) in [6.45, 7) is 6.19. The molecule has 8 heteroatoms. The lowest BCUT2D eigenvalue weighted by Crippen LogP contribution is -2.29. The van der Waals surface area contributed by atoms with Gasteiger partial charge in [-0.2, -0.15) is 0 Å². The largest absolute Gasteiger partial charge is 0.377 e. The predicted octanol–water partition coefficient (Wildman–Crippen LogP) is 1.22. The summed E-state index contributed by atoms with van der Waals surface area (Å²) in [4.78, 5) is 33.5. The first kappa shape index (κ1) is 25.5. The Morgan fingerprint density at radius 3 is 1.81 bits per heavy atom. The molecule has 0 aliphatic carbocycles. The fourth-order valence-corrected chi connectivity index (χ4v) is 2.22. The van der Waals surface area contributed by atoms with Gasteiger partial charge in [0.1, 0.15) is 19.0 Å². The second kappa shape index (κ2) is 19.3. The molecule has 2 amide bonds. The molecule has 27 heavy (non-hydrogen) atoms. The Bertz CT molecular complexity index is 404. The summed E-state index contributed by atoms with van der Waals surface area (Å²) in [6, 6.07) is 0. The first-order valence-corrected chi connectivity index (χ1v) is 9.82. The third-order valence-corrected chi connectivity index (χ3v) is 3.61. The van der Waals surface area contributed by atoms with Gasteiger partial charge >= 0.3 is 0 Å². The Morgan fingerprint density at radius 1 is 0.704 bits per heavy atom. The van der Waals surface area contributed by atoms with Gasteiger partial charge in [0.25, 0.3) is 0 Å². The van der Waals surface area contributed by atoms with Crippen molar-refractivity contribution in [3.63, 3.8) is 0 Å². The van der Waals surface area contributed by atoms with Crippen LogP contribution in [0.4, 0.5) is 0 Å². The monoisotopic (exact) mass is 388 g/mol. The average Bonchev–Trinajstić information content (AvgIpc) is 2.62. The normalized spacial score (nSPS) is 10.6. The van der Waals surface area contributed by atoms with Crippen molar-refractivity contribution in [3.8, 4) is 0 Å². The maximum atomic E-state index is 11.6. The van der Waals surface area contributed by atoms with Crippen molar-refractivity contribution in [1.29, 1.82) is 0 Å². The number of likely N-dealkylation sites (N-methyl/N-ethyl adjacent to an activating group) is 1. The summed E-state index contributed by atoms with van der Waals surface area (Å²) in [5, 5.41) is 5.45. The van der Waals surface area contributed by atoms with Crippen LogP contribution in [0.2, 0.25) is 0 Å². The van der Waals surface area contributed by atoms with Crippen molar-refractivity contribution in [1.82, 2.24) is 10.6 Å². The van der Waals surface area contributed by atoms with E-state index in [4.69, 9.17) is 14.2 Å². The van der Waals surface area contributed by atoms with Crippen LogP contribution in [0.3, 0.4) is 0 Å². The van der Waals surface area contributed by atoms with Crippen LogP contribution in [-0.4, -0.2) is 70.3 Å². The SMILES string of the molecule is CCNC(=O)COCCOCCOCC(=O)NCCCCCCCC(C)=O. The van der Waals surface area contributed by atoms with Crippen molar-refractivity contribution >= 4 is 17.6 Å². The predicted molar refractivity (Wildman–Crippen MR) is 103 cm³/mol. The highest BCUT2D eigenvalue weighted by Gasteiger charge is 2.01. The van der Waals surface area contributed by atoms with Gasteiger partial charge in [-0.1, -0.05) is 19.3 Å². The van der Waals surface area contributed by atoms with Crippen LogP contribution in [-0.2, 0) is 28.6 Å². The standard InChI is InChI=1S/C19H36N2O6/c1-3-20-18(23)15-26-13-11-25-12-14-27-16-19(24)21-10-8-6-4-5-7-9-17(2)22/h3-16H2,1-2H3,(H,20,23)(H,21,24). The third-order valence-electron chi connectivity index (χ3n) is 3.61. The van der Waals surface area contributed by atoms with Crippen LogP contribution in [0.1, 0.15) is 52.4 Å². The van der Waals surface area contributed by atoms with Crippen molar-refractivity contribution in [3.05, 3.63) is 0 Å². The van der Waals surface area contributed by atoms with Gasteiger partial charge < -0.3 is 29.6 Å². The van der Waals surface area contributed by atoms with Crippen LogP contribution < -0.4 is 10.6 Å². The number of carbonyl (C=O) groups is 3. The number of hydrogen-bond donors (Lipinski definition) is 2. The molecule has 0 unspecified atom stereocenters. The van der Waals surface area contributed by atoms with E-state index in [2.05, 4.69) is 10.6 Å². The number of nitrogens with one attached hydrogen (secondary N) is 2. The van der Waals surface area contributed by atoms with Crippen LogP contribution in [0.5, 0.6) is 0 Å². The van der Waals surface area contributed by atoms with E-state index >= 15 is 0 Å². The molecule has 0 aliphatic rings. The van der Waals surface area contributed by atoms with Gasteiger partial charge in [-0.3, -0.25) is 9.59 Å². The molecule has 0 atom stereocenters. The van der Waals surface area contributed by atoms with E-state index in [9.17, 15) is 14.4 Å². The summed E-state index contributed by atoms with van der Waals surface area (Å²) in [5.74, 6) is -0.0193. The molecule has 0 aromatic rings. The number of hydrogen-bond acceptors (Lipinski definition) is 6. The minimum absolute atomic E-state index is 0.0235. The molecule has 0 aromatic heterocycles. The molecule has 0 saturated heterocycles. The second-order valence-electron chi connectivity index (χ2n) is 6.24. The van der Waals surface area contributed by atoms with E-state index in [1.54, 1.807) is 6.92 Å². The molecule has 0 fully saturated rings. The maximum absolute atomic E-state index is 11.6. The fourth-order valence-electron chi connectivity index (χ4n) is 2.22. The van der Waals surface area contributed by atoms with Gasteiger partial charge in [0, 0.05) is 19.5 Å². The molecule has 0 aliphatic heterocycles. The van der Waals surface area contributed by atoms with E-state index in [0.29, 0.717) is 45.9 Å². The molecule has 0 spiro atoms. The molecule has 0 rings (SSSR count). The van der Waals surface area contributed by atoms with Crippen molar-refractivity contribution < 1.29 is 28.6 Å². The lowest BCUT2D eigenvalue weighted by atomic mass is 10.1. The first-order chi connectivity index (χ1) is 13.1. The minimum Gasteiger partial charge on any atom is -0.377 e. The van der Waals surface area contributed by atoms with Crippen LogP contribution >= 0.6 is 0 Å². The molecular weight excluding hydrogens is 352 g/mol. The highest BCUT2D eigenvalue weighted by molar-refractivity contribution is 5.77.